The van der Waals surface area contributed by atoms with Crippen LogP contribution in [0.2, 0.25) is 0 Å². The summed E-state index contributed by atoms with van der Waals surface area (Å²) in [4.78, 5) is 0. The van der Waals surface area contributed by atoms with Gasteiger partial charge in [-0.3, -0.25) is 4.68 Å². The van der Waals surface area contributed by atoms with Gasteiger partial charge >= 0.3 is 0 Å². The Kier molecular flexibility index (Phi) is 4.98. The Morgan fingerprint density at radius 3 is 2.79 bits per heavy atom. The van der Waals surface area contributed by atoms with Crippen LogP contribution in [0.15, 0.2) is 21.9 Å². The molecular weight excluding hydrogens is 262 g/mol. The number of rotatable bonds is 7. The van der Waals surface area contributed by atoms with Crippen LogP contribution in [0.4, 0.5) is 0 Å². The third-order valence-corrected chi connectivity index (χ3v) is 3.80. The molecule has 0 unspecified atom stereocenters. The predicted octanol–water partition coefficient (Wildman–Crippen LogP) is 2.38. The largest absolute Gasteiger partial charge is 0.415 e. The normalized spacial score (nSPS) is 11.4. The summed E-state index contributed by atoms with van der Waals surface area (Å²) in [6, 6.07) is 2.51. The first-order chi connectivity index (χ1) is 9.26. The van der Waals surface area contributed by atoms with E-state index in [2.05, 4.69) is 29.1 Å². The van der Waals surface area contributed by atoms with E-state index in [0.717, 1.165) is 24.3 Å². The van der Waals surface area contributed by atoms with Crippen molar-refractivity contribution < 1.29 is 4.42 Å². The third kappa shape index (κ3) is 3.57. The summed E-state index contributed by atoms with van der Waals surface area (Å²) in [5.74, 6) is 1.18. The molecule has 0 aliphatic carbocycles. The van der Waals surface area contributed by atoms with Crippen molar-refractivity contribution in [2.24, 2.45) is 5.73 Å². The van der Waals surface area contributed by atoms with Gasteiger partial charge in [-0.05, 0) is 18.9 Å². The Labute approximate surface area is 116 Å². The molecule has 0 saturated carbocycles. The molecule has 0 aliphatic rings. The van der Waals surface area contributed by atoms with Crippen LogP contribution in [0.3, 0.4) is 0 Å². The zero-order valence-electron chi connectivity index (χ0n) is 11.2. The average Bonchev–Trinajstić information content (AvgIpc) is 3.06. The molecule has 0 aliphatic heterocycles. The fraction of sp³-hybridized carbons (Fsp3) is 0.583. The average molecular weight is 281 g/mol. The lowest BCUT2D eigenvalue weighted by Gasteiger charge is -2.12. The molecule has 0 spiro atoms. The maximum absolute atomic E-state index is 5.42. The molecule has 2 heterocycles. The highest BCUT2D eigenvalue weighted by Crippen LogP contribution is 2.21. The van der Waals surface area contributed by atoms with Gasteiger partial charge in [0.1, 0.15) is 0 Å². The smallest absolute Gasteiger partial charge is 0.277 e. The molecule has 2 N–H and O–H groups in total. The Hall–Kier alpha value is -1.34. The van der Waals surface area contributed by atoms with E-state index in [1.54, 1.807) is 0 Å². The fourth-order valence-electron chi connectivity index (χ4n) is 1.84. The van der Waals surface area contributed by atoms with Gasteiger partial charge in [0.05, 0.1) is 18.3 Å². The topological polar surface area (TPSA) is 82.8 Å². The zero-order chi connectivity index (χ0) is 13.7. The Balaban J connectivity index is 1.92. The van der Waals surface area contributed by atoms with Gasteiger partial charge in [0.15, 0.2) is 0 Å². The first kappa shape index (κ1) is 14.1. The van der Waals surface area contributed by atoms with E-state index in [0.29, 0.717) is 17.2 Å². The van der Waals surface area contributed by atoms with E-state index in [1.165, 1.54) is 11.8 Å². The highest BCUT2D eigenvalue weighted by atomic mass is 32.2. The lowest BCUT2D eigenvalue weighted by molar-refractivity contribution is 0.414. The van der Waals surface area contributed by atoms with E-state index in [1.807, 2.05) is 16.9 Å². The van der Waals surface area contributed by atoms with E-state index in [9.17, 15) is 0 Å². The molecule has 2 aromatic heterocycles. The molecule has 0 saturated heterocycles. The second-order valence-electron chi connectivity index (χ2n) is 4.21. The molecule has 2 aromatic rings. The summed E-state index contributed by atoms with van der Waals surface area (Å²) in [5.41, 5.74) is 6.43. The van der Waals surface area contributed by atoms with Crippen molar-refractivity contribution in [2.75, 3.05) is 0 Å². The van der Waals surface area contributed by atoms with Crippen LogP contribution in [-0.2, 0) is 12.3 Å². The van der Waals surface area contributed by atoms with Crippen LogP contribution in [0.25, 0.3) is 0 Å². The van der Waals surface area contributed by atoms with Crippen molar-refractivity contribution in [3.63, 3.8) is 0 Å². The summed E-state index contributed by atoms with van der Waals surface area (Å²) >= 11 is 1.48. The number of thioether (sulfide) groups is 1. The van der Waals surface area contributed by atoms with Crippen molar-refractivity contribution in [3.05, 3.63) is 23.8 Å². The van der Waals surface area contributed by atoms with Gasteiger partial charge in [-0.25, -0.2) is 0 Å². The number of hydrogen-bond acceptors (Lipinski definition) is 6. The number of hydrogen-bond donors (Lipinski definition) is 1. The molecule has 0 amide bonds. The lowest BCUT2D eigenvalue weighted by atomic mass is 10.2. The molecule has 0 aromatic carbocycles. The molecular formula is C12H19N5OS. The highest BCUT2D eigenvalue weighted by Gasteiger charge is 2.10. The third-order valence-electron chi connectivity index (χ3n) is 2.95. The summed E-state index contributed by atoms with van der Waals surface area (Å²) in [5, 5.41) is 12.8. The van der Waals surface area contributed by atoms with Crippen LogP contribution in [-0.4, -0.2) is 20.0 Å². The number of nitrogens with zero attached hydrogens (tertiary/aromatic N) is 4. The molecule has 2 rings (SSSR count). The van der Waals surface area contributed by atoms with Gasteiger partial charge in [-0.1, -0.05) is 25.6 Å². The summed E-state index contributed by atoms with van der Waals surface area (Å²) in [6.07, 6.45) is 4.22. The summed E-state index contributed by atoms with van der Waals surface area (Å²) in [7, 11) is 0. The summed E-state index contributed by atoms with van der Waals surface area (Å²) < 4.78 is 7.37. The second kappa shape index (κ2) is 6.72. The maximum Gasteiger partial charge on any atom is 0.277 e. The monoisotopic (exact) mass is 281 g/mol. The molecule has 6 nitrogen and oxygen atoms in total. The molecule has 0 fully saturated rings. The van der Waals surface area contributed by atoms with Crippen LogP contribution in [0, 0.1) is 0 Å². The Bertz CT molecular complexity index is 506. The summed E-state index contributed by atoms with van der Waals surface area (Å²) in [6.45, 7) is 4.63. The molecule has 0 atom stereocenters. The predicted molar refractivity (Wildman–Crippen MR) is 73.6 cm³/mol. The second-order valence-corrected chi connectivity index (χ2v) is 5.14. The minimum absolute atomic E-state index is 0.275. The van der Waals surface area contributed by atoms with Gasteiger partial charge in [0, 0.05) is 11.9 Å². The van der Waals surface area contributed by atoms with E-state index in [4.69, 9.17) is 10.2 Å². The van der Waals surface area contributed by atoms with E-state index >= 15 is 0 Å². The van der Waals surface area contributed by atoms with Crippen molar-refractivity contribution in [1.82, 2.24) is 20.0 Å². The first-order valence-corrected chi connectivity index (χ1v) is 7.44. The van der Waals surface area contributed by atoms with Gasteiger partial charge in [0.2, 0.25) is 5.89 Å². The van der Waals surface area contributed by atoms with Gasteiger partial charge < -0.3 is 10.2 Å². The van der Waals surface area contributed by atoms with Crippen LogP contribution in [0.5, 0.6) is 0 Å². The van der Waals surface area contributed by atoms with Crippen molar-refractivity contribution >= 4 is 11.8 Å². The van der Waals surface area contributed by atoms with Crippen LogP contribution >= 0.6 is 11.8 Å². The molecule has 104 valence electrons. The molecule has 0 radical (unpaired) electrons. The standard InChI is InChI=1S/C12H19N5OS/c1-3-10(4-2)17-6-5-9(16-17)8-19-12-15-14-11(7-13)18-12/h5-6,10H,3-4,7-8,13H2,1-2H3. The minimum atomic E-state index is 0.275. The Morgan fingerprint density at radius 1 is 1.37 bits per heavy atom. The fourth-order valence-corrected chi connectivity index (χ4v) is 2.51. The lowest BCUT2D eigenvalue weighted by Crippen LogP contribution is -2.07. The molecule has 7 heteroatoms. The first-order valence-electron chi connectivity index (χ1n) is 6.46. The van der Waals surface area contributed by atoms with Crippen LogP contribution in [0.1, 0.15) is 44.3 Å². The van der Waals surface area contributed by atoms with Gasteiger partial charge in [0.25, 0.3) is 5.22 Å². The van der Waals surface area contributed by atoms with E-state index < -0.39 is 0 Å². The Morgan fingerprint density at radius 2 is 2.16 bits per heavy atom. The van der Waals surface area contributed by atoms with Crippen molar-refractivity contribution in [2.45, 2.75) is 50.3 Å². The van der Waals surface area contributed by atoms with E-state index in [-0.39, 0.29) is 6.54 Å². The minimum Gasteiger partial charge on any atom is -0.415 e. The quantitative estimate of drug-likeness (QED) is 0.784. The number of aromatic nitrogens is 4. The maximum atomic E-state index is 5.42. The zero-order valence-corrected chi connectivity index (χ0v) is 12.1. The molecule has 19 heavy (non-hydrogen) atoms. The van der Waals surface area contributed by atoms with Crippen LogP contribution < -0.4 is 5.73 Å². The molecule has 0 bridgehead atoms. The SMILES string of the molecule is CCC(CC)n1ccc(CSc2nnc(CN)o2)n1. The van der Waals surface area contributed by atoms with Gasteiger partial charge in [-0.15, -0.1) is 10.2 Å². The highest BCUT2D eigenvalue weighted by molar-refractivity contribution is 7.98. The van der Waals surface area contributed by atoms with Crippen molar-refractivity contribution in [3.8, 4) is 0 Å². The van der Waals surface area contributed by atoms with Crippen molar-refractivity contribution in [1.29, 1.82) is 0 Å². The number of nitrogens with two attached hydrogens (primary N) is 1. The van der Waals surface area contributed by atoms with Gasteiger partial charge in [-0.2, -0.15) is 5.10 Å².